The number of aliphatic hydroxyl groups is 1. The number of hydrogen-bond donors (Lipinski definition) is 1. The number of unbranched alkanes of at least 4 members (excludes halogenated alkanes) is 10. The fraction of sp³-hybridized carbons (Fsp3) is 1.00. The maximum absolute atomic E-state index is 9.03. The van der Waals surface area contributed by atoms with Crippen molar-refractivity contribution in [2.75, 3.05) is 33.3 Å². The molecule has 3 heteroatoms. The van der Waals surface area contributed by atoms with Gasteiger partial charge in [-0.2, -0.15) is 0 Å². The van der Waals surface area contributed by atoms with Crippen LogP contribution in [0.25, 0.3) is 0 Å². The monoisotopic (exact) mass is 441 g/mol. The number of quaternary nitrogens is 1. The lowest BCUT2D eigenvalue weighted by Gasteiger charge is -2.35. The van der Waals surface area contributed by atoms with Gasteiger partial charge in [0, 0.05) is 6.61 Å². The summed E-state index contributed by atoms with van der Waals surface area (Å²) in [7, 11) is 2.45. The molecule has 1 atom stereocenters. The third-order valence-electron chi connectivity index (χ3n) is 4.96. The van der Waals surface area contributed by atoms with Crippen LogP contribution in [0.2, 0.25) is 0 Å². The zero-order valence-electron chi connectivity index (χ0n) is 16.3. The van der Waals surface area contributed by atoms with Crippen LogP contribution in [-0.2, 0) is 0 Å². The van der Waals surface area contributed by atoms with E-state index in [0.717, 1.165) is 6.42 Å². The Morgan fingerprint density at radius 1 is 0.565 bits per heavy atom. The first-order valence-electron chi connectivity index (χ1n) is 10.1. The molecule has 1 unspecified atom stereocenters. The summed E-state index contributed by atoms with van der Waals surface area (Å²) in [5.74, 6) is 0. The summed E-state index contributed by atoms with van der Waals surface area (Å²) in [6.07, 6.45) is 17.4. The lowest BCUT2D eigenvalue weighted by molar-refractivity contribution is -0.910. The zero-order valence-corrected chi connectivity index (χ0v) is 18.5. The van der Waals surface area contributed by atoms with Gasteiger partial charge in [0.1, 0.15) is 0 Å². The third-order valence-corrected chi connectivity index (χ3v) is 4.96. The normalized spacial score (nSPS) is 13.6. The summed E-state index contributed by atoms with van der Waals surface area (Å²) in [4.78, 5) is 0. The van der Waals surface area contributed by atoms with Crippen molar-refractivity contribution in [3.8, 4) is 0 Å². The number of nitrogens with zero attached hydrogens (tertiary/aromatic N) is 1. The van der Waals surface area contributed by atoms with Gasteiger partial charge in [-0.05, 0) is 38.5 Å². The van der Waals surface area contributed by atoms with Crippen molar-refractivity contribution in [3.63, 3.8) is 0 Å². The lowest BCUT2D eigenvalue weighted by Crippen LogP contribution is -3.00. The van der Waals surface area contributed by atoms with Gasteiger partial charge in [0.05, 0.1) is 26.7 Å². The lowest BCUT2D eigenvalue weighted by atomic mass is 10.1. The van der Waals surface area contributed by atoms with Crippen molar-refractivity contribution < 1.29 is 33.6 Å². The molecule has 23 heavy (non-hydrogen) atoms. The molecular formula is C20H44INO. The zero-order chi connectivity index (χ0) is 16.5. The molecule has 0 radical (unpaired) electrons. The minimum atomic E-state index is 0. The summed E-state index contributed by atoms with van der Waals surface area (Å²) in [5, 5.41) is 9.03. The van der Waals surface area contributed by atoms with E-state index in [9.17, 15) is 0 Å². The number of aliphatic hydroxyl groups excluding tert-OH is 1. The predicted molar refractivity (Wildman–Crippen MR) is 99.2 cm³/mol. The molecule has 1 N–H and O–H groups in total. The molecule has 0 aromatic carbocycles. The molecule has 0 fully saturated rings. The summed E-state index contributed by atoms with van der Waals surface area (Å²) in [5.41, 5.74) is 0. The van der Waals surface area contributed by atoms with Crippen LogP contribution in [0.5, 0.6) is 0 Å². The SMILES string of the molecule is CCCCCCCC[N+](C)(CCCCO)CCCCCCC.[I-]. The van der Waals surface area contributed by atoms with E-state index >= 15 is 0 Å². The highest BCUT2D eigenvalue weighted by atomic mass is 127. The number of hydrogen-bond acceptors (Lipinski definition) is 1. The molecule has 0 amide bonds. The Bertz CT molecular complexity index is 226. The van der Waals surface area contributed by atoms with Crippen molar-refractivity contribution in [2.45, 2.75) is 97.3 Å². The molecule has 0 bridgehead atoms. The molecule has 142 valence electrons. The van der Waals surface area contributed by atoms with Crippen molar-refractivity contribution in [1.29, 1.82) is 0 Å². The van der Waals surface area contributed by atoms with Gasteiger partial charge in [0.2, 0.25) is 0 Å². The molecule has 0 aliphatic heterocycles. The summed E-state index contributed by atoms with van der Waals surface area (Å²) < 4.78 is 1.24. The first-order valence-corrected chi connectivity index (χ1v) is 10.1. The van der Waals surface area contributed by atoms with E-state index in [1.54, 1.807) is 0 Å². The summed E-state index contributed by atoms with van der Waals surface area (Å²) >= 11 is 0. The van der Waals surface area contributed by atoms with Gasteiger partial charge < -0.3 is 33.6 Å². The molecule has 0 spiro atoms. The third kappa shape index (κ3) is 17.3. The Morgan fingerprint density at radius 2 is 0.913 bits per heavy atom. The maximum Gasteiger partial charge on any atom is 0.0785 e. The smallest absolute Gasteiger partial charge is 0.0785 e. The van der Waals surface area contributed by atoms with Crippen LogP contribution in [0.3, 0.4) is 0 Å². The second kappa shape index (κ2) is 19.0. The highest BCUT2D eigenvalue weighted by Crippen LogP contribution is 2.14. The van der Waals surface area contributed by atoms with Crippen LogP contribution < -0.4 is 24.0 Å². The fourth-order valence-corrected chi connectivity index (χ4v) is 3.31. The molecule has 0 saturated heterocycles. The number of halogens is 1. The molecule has 0 aliphatic carbocycles. The second-order valence-corrected chi connectivity index (χ2v) is 7.40. The van der Waals surface area contributed by atoms with Gasteiger partial charge in [-0.15, -0.1) is 0 Å². The van der Waals surface area contributed by atoms with Crippen LogP contribution in [-0.4, -0.2) is 42.9 Å². The maximum atomic E-state index is 9.03. The van der Waals surface area contributed by atoms with Crippen LogP contribution in [0.15, 0.2) is 0 Å². The quantitative estimate of drug-likeness (QED) is 0.209. The van der Waals surface area contributed by atoms with Crippen LogP contribution in [0, 0.1) is 0 Å². The average Bonchev–Trinajstić information content (AvgIpc) is 2.51. The summed E-state index contributed by atoms with van der Waals surface area (Å²) in [6, 6.07) is 0. The molecule has 0 rings (SSSR count). The van der Waals surface area contributed by atoms with Crippen LogP contribution in [0.1, 0.15) is 97.3 Å². The molecule has 2 nitrogen and oxygen atoms in total. The van der Waals surface area contributed by atoms with E-state index in [1.165, 1.54) is 101 Å². The largest absolute Gasteiger partial charge is 1.00 e. The van der Waals surface area contributed by atoms with Gasteiger partial charge in [-0.1, -0.05) is 58.8 Å². The van der Waals surface area contributed by atoms with Crippen molar-refractivity contribution in [1.82, 2.24) is 0 Å². The van der Waals surface area contributed by atoms with Crippen LogP contribution >= 0.6 is 0 Å². The second-order valence-electron chi connectivity index (χ2n) is 7.40. The van der Waals surface area contributed by atoms with Gasteiger partial charge in [0.25, 0.3) is 0 Å². The standard InChI is InChI=1S/C20H44NO.HI/c1-4-6-8-10-12-14-18-21(3,19-15-16-20-22)17-13-11-9-7-5-2;/h22H,4-20H2,1-3H3;1H/q+1;/p-1. The molecule has 0 aromatic rings. The van der Waals surface area contributed by atoms with Gasteiger partial charge >= 0.3 is 0 Å². The molecule has 0 heterocycles. The topological polar surface area (TPSA) is 20.2 Å². The minimum absolute atomic E-state index is 0. The van der Waals surface area contributed by atoms with E-state index in [1.807, 2.05) is 0 Å². The van der Waals surface area contributed by atoms with Gasteiger partial charge in [-0.3, -0.25) is 0 Å². The Hall–Kier alpha value is 0.650. The van der Waals surface area contributed by atoms with Crippen molar-refractivity contribution in [2.24, 2.45) is 0 Å². The summed E-state index contributed by atoms with van der Waals surface area (Å²) in [6.45, 7) is 8.85. The predicted octanol–water partition coefficient (Wildman–Crippen LogP) is 2.54. The molecule has 0 aliphatic rings. The highest BCUT2D eigenvalue weighted by molar-refractivity contribution is 4.49. The van der Waals surface area contributed by atoms with Gasteiger partial charge in [0.15, 0.2) is 0 Å². The Kier molecular flexibility index (Phi) is 21.4. The highest BCUT2D eigenvalue weighted by Gasteiger charge is 2.19. The average molecular weight is 441 g/mol. The minimum Gasteiger partial charge on any atom is -1.00 e. The van der Waals surface area contributed by atoms with E-state index in [-0.39, 0.29) is 24.0 Å². The van der Waals surface area contributed by atoms with Crippen molar-refractivity contribution >= 4 is 0 Å². The van der Waals surface area contributed by atoms with Crippen LogP contribution in [0.4, 0.5) is 0 Å². The Balaban J connectivity index is 0. The number of rotatable bonds is 17. The van der Waals surface area contributed by atoms with E-state index in [0.29, 0.717) is 6.61 Å². The molecule has 0 saturated carbocycles. The van der Waals surface area contributed by atoms with Gasteiger partial charge in [-0.25, -0.2) is 0 Å². The fourth-order valence-electron chi connectivity index (χ4n) is 3.31. The Morgan fingerprint density at radius 3 is 1.30 bits per heavy atom. The Labute approximate surface area is 164 Å². The first kappa shape index (κ1) is 25.9. The molecule has 0 aromatic heterocycles. The first-order chi connectivity index (χ1) is 10.7. The van der Waals surface area contributed by atoms with Crippen molar-refractivity contribution in [3.05, 3.63) is 0 Å². The van der Waals surface area contributed by atoms with E-state index < -0.39 is 0 Å². The van der Waals surface area contributed by atoms with E-state index in [2.05, 4.69) is 20.9 Å². The van der Waals surface area contributed by atoms with E-state index in [4.69, 9.17) is 5.11 Å². The molecular weight excluding hydrogens is 397 g/mol.